The fraction of sp³-hybridized carbons (Fsp3) is 0.648. The molecule has 2 aromatic rings. The van der Waals surface area contributed by atoms with Crippen LogP contribution in [0.1, 0.15) is 125 Å². The van der Waals surface area contributed by atoms with Crippen molar-refractivity contribution in [2.45, 2.75) is 157 Å². The van der Waals surface area contributed by atoms with Crippen LogP contribution in [0.15, 0.2) is 54.6 Å². The Morgan fingerprint density at radius 1 is 0.833 bits per heavy atom. The van der Waals surface area contributed by atoms with E-state index in [1.165, 1.54) is 19.1 Å². The van der Waals surface area contributed by atoms with Gasteiger partial charge in [-0.15, -0.1) is 0 Å². The summed E-state index contributed by atoms with van der Waals surface area (Å²) in [5.74, 6) is -3.17. The zero-order valence-corrected chi connectivity index (χ0v) is 45.1. The van der Waals surface area contributed by atoms with E-state index in [0.717, 1.165) is 12.8 Å². The zero-order chi connectivity index (χ0) is 54.0. The standard InChI is InChI=1S/C54H86N8O10/c1-14-34(6)47(43(71-13)30-44(63)62-29-19-23-42(62)36(8)37(9)50(66)57-38(10)48(64)40-21-16-15-17-22-40)60(11)52(68)45(32(2)3)59-51(67)46(33(4)5)61(12)54(70)72-31-39-24-26-41(27-25-39)58-49(65)35(7)20-18-28-56-53(55)69/h15-17,21-22,24-27,32-38,42-43,45-48,64H,14,18-20,23,28-31H2,1-13H3,(H,57,66)(H,58,65)(H,59,67)(H3,55,56,69)/t34-,35-,36+,37+,38+,42?,43+,45-,46-,47-,48+/m0/s1. The number of ether oxygens (including phenoxy) is 2. The van der Waals surface area contributed by atoms with E-state index in [9.17, 15) is 38.7 Å². The first kappa shape index (κ1) is 60.6. The number of nitrogens with one attached hydrogen (secondary N) is 4. The highest BCUT2D eigenvalue weighted by Gasteiger charge is 2.42. The maximum Gasteiger partial charge on any atom is 0.410 e. The van der Waals surface area contributed by atoms with Crippen LogP contribution in [0.5, 0.6) is 0 Å². The van der Waals surface area contributed by atoms with Crippen LogP contribution in [0.2, 0.25) is 0 Å². The first-order valence-electron chi connectivity index (χ1n) is 25.7. The maximum atomic E-state index is 14.6. The SMILES string of the molecule is CC[C@H](C)[C@@H]([C@@H](CC(=O)N1CCCC1[C@H](C)[C@@H](C)C(=O)N[C@H](C)[C@@H](O)c1ccccc1)OC)N(C)C(=O)[C@@H](NC(=O)[C@H](C(C)C)N(C)C(=O)OCc1ccc(NC(=O)[C@@H](C)CCCNC(N)=O)cc1)C(C)C. The molecule has 0 saturated carbocycles. The summed E-state index contributed by atoms with van der Waals surface area (Å²) in [5.41, 5.74) is 7.02. The summed E-state index contributed by atoms with van der Waals surface area (Å²) in [6.07, 6.45) is 1.02. The summed E-state index contributed by atoms with van der Waals surface area (Å²) in [6.45, 7) is 19.5. The molecule has 1 heterocycles. The Bertz CT molecular complexity index is 2070. The molecular formula is C54H86N8O10. The molecule has 0 spiro atoms. The van der Waals surface area contributed by atoms with Gasteiger partial charge in [-0.3, -0.25) is 28.9 Å². The Kier molecular flexibility index (Phi) is 24.5. The largest absolute Gasteiger partial charge is 0.445 e. The second-order valence-corrected chi connectivity index (χ2v) is 20.5. The highest BCUT2D eigenvalue weighted by molar-refractivity contribution is 5.93. The van der Waals surface area contributed by atoms with Crippen molar-refractivity contribution in [1.82, 2.24) is 30.7 Å². The van der Waals surface area contributed by atoms with Crippen molar-refractivity contribution < 1.29 is 48.1 Å². The van der Waals surface area contributed by atoms with Crippen LogP contribution < -0.4 is 27.0 Å². The van der Waals surface area contributed by atoms with Gasteiger partial charge in [0.25, 0.3) is 0 Å². The molecule has 11 atom stereocenters. The lowest BCUT2D eigenvalue weighted by Crippen LogP contribution is -2.60. The number of aliphatic hydroxyl groups is 1. The highest BCUT2D eigenvalue weighted by atomic mass is 16.6. The van der Waals surface area contributed by atoms with Gasteiger partial charge in [0.05, 0.1) is 30.7 Å². The van der Waals surface area contributed by atoms with Crippen molar-refractivity contribution in [2.75, 3.05) is 39.6 Å². The van der Waals surface area contributed by atoms with Crippen molar-refractivity contribution in [3.8, 4) is 0 Å². The molecule has 402 valence electrons. The Morgan fingerprint density at radius 2 is 1.47 bits per heavy atom. The number of amides is 8. The normalized spacial score (nSPS) is 17.8. The molecule has 1 saturated heterocycles. The van der Waals surface area contributed by atoms with Crippen LogP contribution in [0.3, 0.4) is 0 Å². The second kappa shape index (κ2) is 29.1. The third-order valence-electron chi connectivity index (χ3n) is 14.5. The Morgan fingerprint density at radius 3 is 2.04 bits per heavy atom. The number of nitrogens with two attached hydrogens (primary N) is 1. The number of methoxy groups -OCH3 is 1. The summed E-state index contributed by atoms with van der Waals surface area (Å²) in [4.78, 5) is 98.4. The molecule has 1 fully saturated rings. The number of benzene rings is 2. The molecule has 1 unspecified atom stereocenters. The zero-order valence-electron chi connectivity index (χ0n) is 45.1. The van der Waals surface area contributed by atoms with Gasteiger partial charge in [0.1, 0.15) is 18.7 Å². The third kappa shape index (κ3) is 17.2. The molecule has 0 radical (unpaired) electrons. The summed E-state index contributed by atoms with van der Waals surface area (Å²) in [7, 11) is 4.69. The number of nitrogens with zero attached hydrogens (tertiary/aromatic N) is 3. The molecule has 18 heteroatoms. The van der Waals surface area contributed by atoms with Gasteiger partial charge in [-0.2, -0.15) is 0 Å². The summed E-state index contributed by atoms with van der Waals surface area (Å²) < 4.78 is 11.7. The number of carbonyl (C=O) groups excluding carboxylic acids is 7. The molecule has 0 bridgehead atoms. The van der Waals surface area contributed by atoms with Gasteiger partial charge in [-0.25, -0.2) is 9.59 Å². The minimum Gasteiger partial charge on any atom is -0.445 e. The average molecular weight is 1010 g/mol. The second-order valence-electron chi connectivity index (χ2n) is 20.5. The monoisotopic (exact) mass is 1010 g/mol. The molecule has 8 amide bonds. The smallest absolute Gasteiger partial charge is 0.410 e. The van der Waals surface area contributed by atoms with E-state index in [1.54, 1.807) is 63.9 Å². The predicted molar refractivity (Wildman–Crippen MR) is 278 cm³/mol. The molecule has 0 aliphatic carbocycles. The molecule has 18 nitrogen and oxygen atoms in total. The topological polar surface area (TPSA) is 242 Å². The van der Waals surface area contributed by atoms with E-state index in [0.29, 0.717) is 49.2 Å². The van der Waals surface area contributed by atoms with E-state index < -0.39 is 60.3 Å². The molecule has 3 rings (SSSR count). The molecule has 7 N–H and O–H groups in total. The van der Waals surface area contributed by atoms with Crippen LogP contribution in [-0.4, -0.2) is 132 Å². The molecular weight excluding hydrogens is 921 g/mol. The summed E-state index contributed by atoms with van der Waals surface area (Å²) in [5, 5.41) is 22.2. The Balaban J connectivity index is 1.67. The van der Waals surface area contributed by atoms with Crippen LogP contribution in [0.4, 0.5) is 15.3 Å². The van der Waals surface area contributed by atoms with Gasteiger partial charge >= 0.3 is 12.1 Å². The van der Waals surface area contributed by atoms with Crippen LogP contribution in [-0.2, 0) is 40.1 Å². The molecule has 1 aliphatic rings. The number of urea groups is 1. The highest BCUT2D eigenvalue weighted by Crippen LogP contribution is 2.32. The van der Waals surface area contributed by atoms with Crippen molar-refractivity contribution in [2.24, 2.45) is 41.2 Å². The number of anilines is 1. The van der Waals surface area contributed by atoms with Crippen molar-refractivity contribution >= 4 is 47.3 Å². The Hall–Kier alpha value is -5.75. The van der Waals surface area contributed by atoms with Gasteiger partial charge in [-0.05, 0) is 79.5 Å². The first-order valence-corrected chi connectivity index (χ1v) is 25.7. The Labute approximate surface area is 428 Å². The fourth-order valence-electron chi connectivity index (χ4n) is 9.57. The minimum atomic E-state index is -0.994. The average Bonchev–Trinajstić information content (AvgIpc) is 3.85. The van der Waals surface area contributed by atoms with Gasteiger partial charge < -0.3 is 51.4 Å². The van der Waals surface area contributed by atoms with E-state index in [4.69, 9.17) is 15.2 Å². The number of hydrogen-bond acceptors (Lipinski definition) is 10. The van der Waals surface area contributed by atoms with Crippen LogP contribution in [0.25, 0.3) is 0 Å². The minimum absolute atomic E-state index is 0.00566. The summed E-state index contributed by atoms with van der Waals surface area (Å²) in [6, 6.07) is 12.2. The van der Waals surface area contributed by atoms with E-state index in [-0.39, 0.29) is 72.3 Å². The van der Waals surface area contributed by atoms with E-state index in [1.807, 2.05) is 76.8 Å². The lowest BCUT2D eigenvalue weighted by Gasteiger charge is -2.41. The van der Waals surface area contributed by atoms with Gasteiger partial charge in [-0.1, -0.05) is 111 Å². The van der Waals surface area contributed by atoms with E-state index in [2.05, 4.69) is 21.3 Å². The lowest BCUT2D eigenvalue weighted by atomic mass is 9.86. The number of rotatable bonds is 27. The number of hydrogen-bond donors (Lipinski definition) is 6. The van der Waals surface area contributed by atoms with Crippen molar-refractivity contribution in [1.29, 1.82) is 0 Å². The predicted octanol–water partition coefficient (Wildman–Crippen LogP) is 6.22. The number of primary amides is 1. The van der Waals surface area contributed by atoms with Gasteiger partial charge in [0.2, 0.25) is 29.5 Å². The number of likely N-dealkylation sites (tertiary alicyclic amines) is 1. The van der Waals surface area contributed by atoms with Gasteiger partial charge in [0, 0.05) is 57.9 Å². The quantitative estimate of drug-likeness (QED) is 0.0552. The molecule has 2 aromatic carbocycles. The first-order chi connectivity index (χ1) is 33.9. The molecule has 72 heavy (non-hydrogen) atoms. The fourth-order valence-corrected chi connectivity index (χ4v) is 9.57. The van der Waals surface area contributed by atoms with Gasteiger partial charge in [0.15, 0.2) is 0 Å². The van der Waals surface area contributed by atoms with Crippen molar-refractivity contribution in [3.05, 3.63) is 65.7 Å². The van der Waals surface area contributed by atoms with Crippen LogP contribution >= 0.6 is 0 Å². The van der Waals surface area contributed by atoms with Crippen molar-refractivity contribution in [3.63, 3.8) is 0 Å². The molecule has 0 aromatic heterocycles. The summed E-state index contributed by atoms with van der Waals surface area (Å²) >= 11 is 0. The number of carbonyl (C=O) groups is 7. The number of aliphatic hydroxyl groups excluding tert-OH is 1. The number of likely N-dealkylation sites (N-methyl/N-ethyl adjacent to an activating group) is 2. The third-order valence-corrected chi connectivity index (χ3v) is 14.5. The maximum absolute atomic E-state index is 14.6. The van der Waals surface area contributed by atoms with Crippen LogP contribution in [0, 0.1) is 35.5 Å². The van der Waals surface area contributed by atoms with E-state index >= 15 is 0 Å². The molecule has 1 aliphatic heterocycles. The lowest BCUT2D eigenvalue weighted by molar-refractivity contribution is -0.146.